The molecule has 0 N–H and O–H groups in total. The van der Waals surface area contributed by atoms with Crippen LogP contribution in [0.2, 0.25) is 0 Å². The molecule has 0 amide bonds. The Morgan fingerprint density at radius 3 is 2.25 bits per heavy atom. The van der Waals surface area contributed by atoms with E-state index in [0.29, 0.717) is 0 Å². The van der Waals surface area contributed by atoms with Crippen LogP contribution in [-0.2, 0) is 27.2 Å². The smallest absolute Gasteiger partial charge is 0.550 e. The van der Waals surface area contributed by atoms with Gasteiger partial charge in [-0.05, 0) is 5.56 Å². The van der Waals surface area contributed by atoms with E-state index in [1.807, 2.05) is 18.2 Å². The van der Waals surface area contributed by atoms with Crippen molar-refractivity contribution in [3.8, 4) is 0 Å². The predicted octanol–water partition coefficient (Wildman–Crippen LogP) is 0.537. The van der Waals surface area contributed by atoms with Gasteiger partial charge in [-0.2, -0.15) is 0 Å². The van der Waals surface area contributed by atoms with Crippen molar-refractivity contribution in [2.75, 3.05) is 0 Å². The van der Waals surface area contributed by atoms with E-state index in [1.165, 1.54) is 0 Å². The molecule has 0 unspecified atom stereocenters. The number of carbonyl (C=O) groups excluding carboxylic acids is 1. The first-order chi connectivity index (χ1) is 5.22. The van der Waals surface area contributed by atoms with Crippen molar-refractivity contribution in [1.82, 2.24) is 0 Å². The zero-order valence-corrected chi connectivity index (χ0v) is 8.06. The van der Waals surface area contributed by atoms with E-state index in [2.05, 4.69) is 0 Å². The van der Waals surface area contributed by atoms with Gasteiger partial charge in [-0.25, -0.2) is 0 Å². The van der Waals surface area contributed by atoms with E-state index in [4.69, 9.17) is 0 Å². The number of carboxylic acids is 1. The van der Waals surface area contributed by atoms with Crippen LogP contribution < -0.4 is 5.11 Å². The van der Waals surface area contributed by atoms with Gasteiger partial charge in [-0.1, -0.05) is 37.3 Å². The third-order valence-corrected chi connectivity index (χ3v) is 1.65. The third kappa shape index (κ3) is 2.81. The number of hydrogen-bond donors (Lipinski definition) is 0. The molecule has 1 rings (SSSR count). The number of rotatable bonds is 2. The zero-order chi connectivity index (χ0) is 8.27. The summed E-state index contributed by atoms with van der Waals surface area (Å²) >= 11 is 0. The number of aliphatic carboxylic acids is 1. The van der Waals surface area contributed by atoms with E-state index in [-0.39, 0.29) is 22.4 Å². The van der Waals surface area contributed by atoms with Crippen molar-refractivity contribution in [2.24, 2.45) is 0 Å². The average Bonchev–Trinajstić information content (AvgIpc) is 2.05. The van der Waals surface area contributed by atoms with Gasteiger partial charge in [0, 0.05) is 11.9 Å². The monoisotopic (exact) mass is 256 g/mol. The number of benzene rings is 1. The van der Waals surface area contributed by atoms with E-state index >= 15 is 0 Å². The van der Waals surface area contributed by atoms with Gasteiger partial charge >= 0.3 is 22.4 Å². The maximum atomic E-state index is 10.4. The summed E-state index contributed by atoms with van der Waals surface area (Å²) in [7, 11) is 0. The number of carboxylic acid groups (broad SMARTS) is 1. The van der Waals surface area contributed by atoms with Crippen molar-refractivity contribution >= 4 is 5.97 Å². The average molecular weight is 257 g/mol. The second kappa shape index (κ2) is 5.14. The van der Waals surface area contributed by atoms with Gasteiger partial charge < -0.3 is 9.90 Å². The molecule has 1 aromatic carbocycles. The van der Waals surface area contributed by atoms with Crippen LogP contribution >= 0.6 is 0 Å². The summed E-state index contributed by atoms with van der Waals surface area (Å²) in [5, 5.41) is 10.4. The minimum Gasteiger partial charge on any atom is -0.550 e. The molecular formula is C9H9AgO2. The van der Waals surface area contributed by atoms with Crippen molar-refractivity contribution in [1.29, 1.82) is 0 Å². The molecule has 0 aliphatic carbocycles. The Kier molecular flexibility index (Phi) is 4.90. The summed E-state index contributed by atoms with van der Waals surface area (Å²) in [5.74, 6) is -1.55. The fraction of sp³-hybridized carbons (Fsp3) is 0.222. The normalized spacial score (nSPS) is 11.4. The molecular weight excluding hydrogens is 248 g/mol. The SMILES string of the molecule is C[C@H](C(=O)[O-])c1ccccc1.[Ag+]. The molecule has 0 aromatic heterocycles. The van der Waals surface area contributed by atoms with Crippen LogP contribution in [0.3, 0.4) is 0 Å². The van der Waals surface area contributed by atoms with E-state index in [9.17, 15) is 9.90 Å². The molecule has 0 aliphatic heterocycles. The number of hydrogen-bond acceptors (Lipinski definition) is 2. The first-order valence-electron chi connectivity index (χ1n) is 3.47. The van der Waals surface area contributed by atoms with Gasteiger partial charge in [0.15, 0.2) is 0 Å². The van der Waals surface area contributed by atoms with Gasteiger partial charge in [-0.3, -0.25) is 0 Å². The Morgan fingerprint density at radius 2 is 1.83 bits per heavy atom. The molecule has 0 fully saturated rings. The van der Waals surface area contributed by atoms with Gasteiger partial charge in [0.1, 0.15) is 0 Å². The second-order valence-corrected chi connectivity index (χ2v) is 2.45. The van der Waals surface area contributed by atoms with E-state index < -0.39 is 11.9 Å². The predicted molar refractivity (Wildman–Crippen MR) is 39.9 cm³/mol. The Balaban J connectivity index is 0.00000121. The maximum Gasteiger partial charge on any atom is 1.00 e. The summed E-state index contributed by atoms with van der Waals surface area (Å²) in [4.78, 5) is 10.4. The van der Waals surface area contributed by atoms with Crippen LogP contribution in [0.25, 0.3) is 0 Å². The fourth-order valence-electron chi connectivity index (χ4n) is 0.878. The van der Waals surface area contributed by atoms with Crippen molar-refractivity contribution in [3.63, 3.8) is 0 Å². The molecule has 0 saturated carbocycles. The van der Waals surface area contributed by atoms with E-state index in [1.54, 1.807) is 19.1 Å². The minimum atomic E-state index is -1.03. The largest absolute Gasteiger partial charge is 1.00 e. The quantitative estimate of drug-likeness (QED) is 0.725. The zero-order valence-electron chi connectivity index (χ0n) is 6.58. The molecule has 0 saturated heterocycles. The number of carbonyl (C=O) groups is 1. The first-order valence-corrected chi connectivity index (χ1v) is 3.47. The standard InChI is InChI=1S/C9H10O2.Ag/c1-7(9(10)11)8-5-3-2-4-6-8;/h2-7H,1H3,(H,10,11);/q;+1/p-1/t7-;/m0./s1. The summed E-state index contributed by atoms with van der Waals surface area (Å²) < 4.78 is 0. The molecule has 3 heteroatoms. The molecule has 2 nitrogen and oxygen atoms in total. The Hall–Kier alpha value is -0.570. The molecule has 0 bridgehead atoms. The van der Waals surface area contributed by atoms with Crippen LogP contribution in [0.5, 0.6) is 0 Å². The Bertz CT molecular complexity index is 246. The van der Waals surface area contributed by atoms with Crippen LogP contribution in [0.15, 0.2) is 30.3 Å². The van der Waals surface area contributed by atoms with Crippen LogP contribution in [0.4, 0.5) is 0 Å². The topological polar surface area (TPSA) is 40.1 Å². The van der Waals surface area contributed by atoms with Crippen molar-refractivity contribution < 1.29 is 32.3 Å². The van der Waals surface area contributed by atoms with Crippen LogP contribution in [-0.4, -0.2) is 5.97 Å². The summed E-state index contributed by atoms with van der Waals surface area (Å²) in [6, 6.07) is 9.04. The van der Waals surface area contributed by atoms with Gasteiger partial charge in [0.25, 0.3) is 0 Å². The molecule has 0 aliphatic rings. The molecule has 1 atom stereocenters. The van der Waals surface area contributed by atoms with Crippen LogP contribution in [0.1, 0.15) is 18.4 Å². The summed E-state index contributed by atoms with van der Waals surface area (Å²) in [6.45, 7) is 1.62. The van der Waals surface area contributed by atoms with E-state index in [0.717, 1.165) is 5.56 Å². The third-order valence-electron chi connectivity index (χ3n) is 1.65. The molecule has 0 heterocycles. The fourth-order valence-corrected chi connectivity index (χ4v) is 0.878. The van der Waals surface area contributed by atoms with Gasteiger partial charge in [-0.15, -0.1) is 0 Å². The molecule has 1 aromatic rings. The molecule has 0 radical (unpaired) electrons. The van der Waals surface area contributed by atoms with Crippen LogP contribution in [0, 0.1) is 0 Å². The Morgan fingerprint density at radius 1 is 1.33 bits per heavy atom. The second-order valence-electron chi connectivity index (χ2n) is 2.45. The summed E-state index contributed by atoms with van der Waals surface area (Å²) in [6.07, 6.45) is 0. The molecule has 68 valence electrons. The molecule has 12 heavy (non-hydrogen) atoms. The van der Waals surface area contributed by atoms with Crippen molar-refractivity contribution in [3.05, 3.63) is 35.9 Å². The summed E-state index contributed by atoms with van der Waals surface area (Å²) in [5.41, 5.74) is 0.785. The Labute approximate surface area is 87.1 Å². The minimum absolute atomic E-state index is 0. The maximum absolute atomic E-state index is 10.4. The van der Waals surface area contributed by atoms with Gasteiger partial charge in [0.2, 0.25) is 0 Å². The molecule has 0 spiro atoms. The first kappa shape index (κ1) is 11.4. The van der Waals surface area contributed by atoms with Crippen molar-refractivity contribution in [2.45, 2.75) is 12.8 Å². The van der Waals surface area contributed by atoms with Gasteiger partial charge in [0.05, 0.1) is 0 Å².